The normalized spacial score (nSPS) is 10.2. The second kappa shape index (κ2) is 7.19. The second-order valence-electron chi connectivity index (χ2n) is 3.49. The minimum absolute atomic E-state index is 0.0607. The van der Waals surface area contributed by atoms with E-state index in [0.717, 1.165) is 12.1 Å². The van der Waals surface area contributed by atoms with E-state index in [1.54, 1.807) is 22.6 Å². The van der Waals surface area contributed by atoms with Crippen molar-refractivity contribution in [2.24, 2.45) is 5.73 Å². The van der Waals surface area contributed by atoms with Gasteiger partial charge in [-0.05, 0) is 22.6 Å². The molecule has 0 saturated heterocycles. The Morgan fingerprint density at radius 2 is 2.26 bits per heavy atom. The number of carbonyl (C=O) groups excluding carboxylic acids is 1. The Balaban J connectivity index is 2.64. The Morgan fingerprint density at radius 3 is 2.84 bits per heavy atom. The monoisotopic (exact) mass is 383 g/mol. The van der Waals surface area contributed by atoms with Crippen LogP contribution in [0.4, 0.5) is 15.8 Å². The lowest BCUT2D eigenvalue weighted by Crippen LogP contribution is -2.20. The summed E-state index contributed by atoms with van der Waals surface area (Å²) in [6.45, 7) is 0.0761. The summed E-state index contributed by atoms with van der Waals surface area (Å²) in [4.78, 5) is 20.6. The predicted molar refractivity (Wildman–Crippen MR) is 74.3 cm³/mol. The molecule has 0 unspecified atom stereocenters. The highest BCUT2D eigenvalue weighted by atomic mass is 127. The summed E-state index contributed by atoms with van der Waals surface area (Å²) in [5.41, 5.74) is 4.70. The van der Waals surface area contributed by atoms with E-state index in [4.69, 9.17) is 10.5 Å². The number of nitro groups is 1. The molecule has 0 fully saturated rings. The van der Waals surface area contributed by atoms with Crippen LogP contribution in [0.15, 0.2) is 12.1 Å². The molecule has 9 heteroatoms. The van der Waals surface area contributed by atoms with Crippen LogP contribution in [-0.4, -0.2) is 30.6 Å². The van der Waals surface area contributed by atoms with Crippen molar-refractivity contribution in [2.45, 2.75) is 0 Å². The van der Waals surface area contributed by atoms with Gasteiger partial charge in [-0.3, -0.25) is 14.9 Å². The maximum atomic E-state index is 13.3. The summed E-state index contributed by atoms with van der Waals surface area (Å²) in [6, 6.07) is 2.19. The summed E-state index contributed by atoms with van der Waals surface area (Å²) in [5.74, 6) is -1.15. The third-order valence-corrected chi connectivity index (χ3v) is 2.87. The molecular weight excluding hydrogens is 372 g/mol. The number of anilines is 1. The molecule has 19 heavy (non-hydrogen) atoms. The van der Waals surface area contributed by atoms with Gasteiger partial charge in [0.1, 0.15) is 18.1 Å². The van der Waals surface area contributed by atoms with E-state index in [1.807, 2.05) is 0 Å². The SMILES string of the molecule is NC(=O)COCCNc1cc(F)c(I)cc1[N+](=O)[O-]. The van der Waals surface area contributed by atoms with E-state index in [-0.39, 0.29) is 34.7 Å². The molecular formula is C10H11FIN3O4. The van der Waals surface area contributed by atoms with Gasteiger partial charge in [0.05, 0.1) is 15.1 Å². The van der Waals surface area contributed by atoms with Crippen molar-refractivity contribution in [1.29, 1.82) is 0 Å². The summed E-state index contributed by atoms with van der Waals surface area (Å²) >= 11 is 1.67. The van der Waals surface area contributed by atoms with Crippen molar-refractivity contribution in [3.63, 3.8) is 0 Å². The zero-order valence-corrected chi connectivity index (χ0v) is 11.8. The van der Waals surface area contributed by atoms with Gasteiger partial charge in [0.2, 0.25) is 5.91 Å². The number of carbonyl (C=O) groups is 1. The van der Waals surface area contributed by atoms with Crippen LogP contribution in [0.3, 0.4) is 0 Å². The van der Waals surface area contributed by atoms with Gasteiger partial charge in [-0.1, -0.05) is 0 Å². The highest BCUT2D eigenvalue weighted by Gasteiger charge is 2.17. The highest BCUT2D eigenvalue weighted by molar-refractivity contribution is 14.1. The van der Waals surface area contributed by atoms with E-state index in [2.05, 4.69) is 5.32 Å². The van der Waals surface area contributed by atoms with Crippen LogP contribution in [0.1, 0.15) is 0 Å². The number of rotatable bonds is 7. The molecule has 0 aliphatic carbocycles. The lowest BCUT2D eigenvalue weighted by atomic mass is 10.2. The zero-order chi connectivity index (χ0) is 14.4. The molecule has 0 heterocycles. The van der Waals surface area contributed by atoms with E-state index in [1.165, 1.54) is 0 Å². The van der Waals surface area contributed by atoms with Crippen LogP contribution >= 0.6 is 22.6 Å². The van der Waals surface area contributed by atoms with Gasteiger partial charge < -0.3 is 15.8 Å². The number of ether oxygens (including phenoxy) is 1. The Bertz CT molecular complexity index is 498. The fourth-order valence-electron chi connectivity index (χ4n) is 1.26. The molecule has 0 atom stereocenters. The minimum Gasteiger partial charge on any atom is -0.377 e. The summed E-state index contributed by atoms with van der Waals surface area (Å²) in [5, 5.41) is 13.5. The molecule has 1 aromatic rings. The van der Waals surface area contributed by atoms with E-state index >= 15 is 0 Å². The lowest BCUT2D eigenvalue weighted by Gasteiger charge is -2.08. The van der Waals surface area contributed by atoms with Gasteiger partial charge in [0, 0.05) is 18.7 Å². The molecule has 0 saturated carbocycles. The number of primary amides is 1. The smallest absolute Gasteiger partial charge is 0.293 e. The molecule has 1 amide bonds. The Morgan fingerprint density at radius 1 is 1.58 bits per heavy atom. The van der Waals surface area contributed by atoms with Crippen molar-refractivity contribution in [2.75, 3.05) is 25.1 Å². The number of amides is 1. The van der Waals surface area contributed by atoms with Crippen molar-refractivity contribution in [1.82, 2.24) is 0 Å². The Hall–Kier alpha value is -1.49. The summed E-state index contributed by atoms with van der Waals surface area (Å²) in [7, 11) is 0. The number of hydrogen-bond acceptors (Lipinski definition) is 5. The van der Waals surface area contributed by atoms with Crippen molar-refractivity contribution >= 4 is 39.9 Å². The molecule has 0 bridgehead atoms. The van der Waals surface area contributed by atoms with Crippen molar-refractivity contribution in [3.8, 4) is 0 Å². The maximum Gasteiger partial charge on any atom is 0.293 e. The molecule has 0 radical (unpaired) electrons. The molecule has 7 nitrogen and oxygen atoms in total. The highest BCUT2D eigenvalue weighted by Crippen LogP contribution is 2.28. The first-order valence-corrected chi connectivity index (χ1v) is 6.23. The second-order valence-corrected chi connectivity index (χ2v) is 4.65. The van der Waals surface area contributed by atoms with Crippen LogP contribution in [-0.2, 0) is 9.53 Å². The van der Waals surface area contributed by atoms with Gasteiger partial charge in [-0.2, -0.15) is 0 Å². The molecule has 0 aliphatic rings. The van der Waals surface area contributed by atoms with Crippen LogP contribution in [0.25, 0.3) is 0 Å². The molecule has 1 rings (SSSR count). The third kappa shape index (κ3) is 4.95. The fourth-order valence-corrected chi connectivity index (χ4v) is 1.71. The molecule has 0 aromatic heterocycles. The maximum absolute atomic E-state index is 13.3. The Kier molecular flexibility index (Phi) is 5.89. The standard InChI is InChI=1S/C10H11FIN3O4/c11-6-3-8(9(15(17)18)4-7(6)12)14-1-2-19-5-10(13)16/h3-4,14H,1-2,5H2,(H2,13,16). The number of nitrogens with two attached hydrogens (primary N) is 1. The average molecular weight is 383 g/mol. The minimum atomic E-state index is -0.605. The molecule has 3 N–H and O–H groups in total. The van der Waals surface area contributed by atoms with Crippen LogP contribution in [0, 0.1) is 19.5 Å². The predicted octanol–water partition coefficient (Wildman–Crippen LogP) is 1.25. The van der Waals surface area contributed by atoms with Crippen LogP contribution in [0.2, 0.25) is 0 Å². The number of benzene rings is 1. The molecule has 0 aliphatic heterocycles. The zero-order valence-electron chi connectivity index (χ0n) is 9.69. The lowest BCUT2D eigenvalue weighted by molar-refractivity contribution is -0.384. The number of halogens is 2. The number of nitro benzene ring substituents is 1. The van der Waals surface area contributed by atoms with E-state index < -0.39 is 16.6 Å². The first-order valence-electron chi connectivity index (χ1n) is 5.15. The fraction of sp³-hybridized carbons (Fsp3) is 0.300. The molecule has 0 spiro atoms. The van der Waals surface area contributed by atoms with Crippen LogP contribution < -0.4 is 11.1 Å². The first kappa shape index (κ1) is 15.6. The summed E-state index contributed by atoms with van der Waals surface area (Å²) < 4.78 is 18.4. The van der Waals surface area contributed by atoms with Gasteiger partial charge in [-0.15, -0.1) is 0 Å². The average Bonchev–Trinajstić information content (AvgIpc) is 2.32. The molecule has 104 valence electrons. The van der Waals surface area contributed by atoms with Crippen molar-refractivity contribution < 1.29 is 18.8 Å². The summed E-state index contributed by atoms with van der Waals surface area (Å²) in [6.07, 6.45) is 0. The van der Waals surface area contributed by atoms with Gasteiger partial charge in [0.15, 0.2) is 0 Å². The van der Waals surface area contributed by atoms with E-state index in [0.29, 0.717) is 0 Å². The number of hydrogen-bond donors (Lipinski definition) is 2. The topological polar surface area (TPSA) is 107 Å². The van der Waals surface area contributed by atoms with Gasteiger partial charge in [-0.25, -0.2) is 4.39 Å². The number of nitrogens with zero attached hydrogens (tertiary/aromatic N) is 1. The largest absolute Gasteiger partial charge is 0.377 e. The van der Waals surface area contributed by atoms with Crippen molar-refractivity contribution in [3.05, 3.63) is 31.6 Å². The van der Waals surface area contributed by atoms with Gasteiger partial charge in [0.25, 0.3) is 5.69 Å². The third-order valence-electron chi connectivity index (χ3n) is 2.04. The molecule has 1 aromatic carbocycles. The van der Waals surface area contributed by atoms with Crippen LogP contribution in [0.5, 0.6) is 0 Å². The quantitative estimate of drug-likeness (QED) is 0.319. The Labute approximate surface area is 121 Å². The van der Waals surface area contributed by atoms with E-state index in [9.17, 15) is 19.3 Å². The van der Waals surface area contributed by atoms with Gasteiger partial charge >= 0.3 is 0 Å². The first-order chi connectivity index (χ1) is 8.91. The number of nitrogens with one attached hydrogen (secondary N) is 1.